The van der Waals surface area contributed by atoms with E-state index < -0.39 is 17.1 Å². The Morgan fingerprint density at radius 1 is 0.314 bits per heavy atom. The molecule has 0 fully saturated rings. The molecule has 0 nitrogen and oxygen atoms in total. The zero-order chi connectivity index (χ0) is 26.1. The van der Waals surface area contributed by atoms with Gasteiger partial charge in [-0.15, -0.1) is 0 Å². The van der Waals surface area contributed by atoms with Gasteiger partial charge in [0.1, 0.15) is 0 Å². The molecule has 0 saturated carbocycles. The summed E-state index contributed by atoms with van der Waals surface area (Å²) in [4.78, 5) is 0. The molecule has 5 heteroatoms. The lowest BCUT2D eigenvalue weighted by atomic mass is 10.1. The van der Waals surface area contributed by atoms with Crippen LogP contribution < -0.4 is 0 Å². The molecule has 0 spiro atoms. The number of halogens is 3. The first-order valence-electron chi connectivity index (χ1n) is 16.0. The van der Waals surface area contributed by atoms with Crippen molar-refractivity contribution >= 4 is 17.1 Å². The maximum Gasteiger partial charge on any atom is 0.425 e. The average molecular weight is 537 g/mol. The van der Waals surface area contributed by atoms with Crippen LogP contribution in [-0.2, 0) is 0 Å². The van der Waals surface area contributed by atoms with E-state index in [1.54, 1.807) is 0 Å². The van der Waals surface area contributed by atoms with Crippen LogP contribution >= 0.6 is 0 Å². The number of unbranched alkanes of at least 4 members (excludes halogenated alkanes) is 18. The first-order valence-corrected chi connectivity index (χ1v) is 20.6. The van der Waals surface area contributed by atoms with Crippen molar-refractivity contribution in [1.29, 1.82) is 0 Å². The van der Waals surface area contributed by atoms with Crippen molar-refractivity contribution in [2.24, 2.45) is 0 Å². The van der Waals surface area contributed by atoms with E-state index in [0.717, 1.165) is 69.5 Å². The second-order valence-corrected chi connectivity index (χ2v) is 18.0. The van der Waals surface area contributed by atoms with Gasteiger partial charge in [0.25, 0.3) is 0 Å². The fourth-order valence-corrected chi connectivity index (χ4v) is 10.5. The van der Waals surface area contributed by atoms with Crippen LogP contribution in [0.15, 0.2) is 0 Å². The molecule has 0 aliphatic heterocycles. The lowest BCUT2D eigenvalue weighted by Crippen LogP contribution is -2.28. The molecule has 0 amide bonds. The Morgan fingerprint density at radius 2 is 0.543 bits per heavy atom. The Morgan fingerprint density at radius 3 is 0.829 bits per heavy atom. The average Bonchev–Trinajstić information content (AvgIpc) is 2.83. The van der Waals surface area contributed by atoms with E-state index in [1.807, 2.05) is 0 Å². The predicted octanol–water partition coefficient (Wildman–Crippen LogP) is 12.9. The molecule has 0 unspecified atom stereocenters. The van der Waals surface area contributed by atoms with Gasteiger partial charge in [-0.2, -0.15) is 0 Å². The molecule has 0 saturated heterocycles. The van der Waals surface area contributed by atoms with E-state index >= 15 is 4.11 Å². The van der Waals surface area contributed by atoms with E-state index in [2.05, 4.69) is 20.8 Å². The Balaban J connectivity index is 4.13. The first-order chi connectivity index (χ1) is 16.9. The topological polar surface area (TPSA) is 0 Å². The quantitative estimate of drug-likeness (QED) is 0.0530. The molecular formula is C30H63F3Si2. The zero-order valence-corrected chi connectivity index (χ0v) is 26.2. The van der Waals surface area contributed by atoms with Crippen LogP contribution in [0.5, 0.6) is 0 Å². The molecule has 0 aliphatic carbocycles. The Labute approximate surface area is 221 Å². The molecule has 35 heavy (non-hydrogen) atoms. The Kier molecular flexibility index (Phi) is 24.7. The molecule has 0 aromatic heterocycles. The van der Waals surface area contributed by atoms with Gasteiger partial charge in [0.2, 0.25) is 8.41 Å². The Hall–Kier alpha value is 0.224. The maximum atomic E-state index is 15.9. The minimum absolute atomic E-state index is 0.162. The monoisotopic (exact) mass is 536 g/mol. The lowest BCUT2D eigenvalue weighted by molar-refractivity contribution is 0.544. The summed E-state index contributed by atoms with van der Waals surface area (Å²) in [5.74, 6) is 0. The zero-order valence-electron chi connectivity index (χ0n) is 24.2. The molecule has 0 bridgehead atoms. The van der Waals surface area contributed by atoms with E-state index in [0.29, 0.717) is 6.42 Å². The van der Waals surface area contributed by atoms with E-state index in [9.17, 15) is 8.22 Å². The maximum absolute atomic E-state index is 15.9. The van der Waals surface area contributed by atoms with Crippen LogP contribution in [0, 0.1) is 0 Å². The summed E-state index contributed by atoms with van der Waals surface area (Å²) < 4.78 is 44.5. The van der Waals surface area contributed by atoms with Crippen LogP contribution in [0.2, 0.25) is 30.2 Å². The molecule has 0 rings (SSSR count). The van der Waals surface area contributed by atoms with Crippen molar-refractivity contribution in [2.45, 2.75) is 192 Å². The van der Waals surface area contributed by atoms with Gasteiger partial charge in [-0.25, -0.2) is 0 Å². The SMILES string of the molecule is CCCCCCCC[Si](F)(F)CCCCCC[Si](F)(CCCCCCCC)CCCCCCCC. The van der Waals surface area contributed by atoms with Gasteiger partial charge in [-0.3, -0.25) is 8.22 Å². The summed E-state index contributed by atoms with van der Waals surface area (Å²) in [6, 6.07) is 2.82. The standard InChI is InChI=1S/C30H63F3Si2/c1-4-7-10-13-16-21-26-34(31,27-22-17-14-11-8-5-2)28-23-19-20-25-30-35(32,33)29-24-18-15-12-9-6-3/h4-30H2,1-3H3. The van der Waals surface area contributed by atoms with Crippen molar-refractivity contribution in [3.63, 3.8) is 0 Å². The number of hydrogen-bond donors (Lipinski definition) is 0. The van der Waals surface area contributed by atoms with Gasteiger partial charge < -0.3 is 4.11 Å². The smallest absolute Gasteiger partial charge is 0.314 e. The van der Waals surface area contributed by atoms with Crippen LogP contribution in [0.3, 0.4) is 0 Å². The molecule has 0 aromatic rings. The summed E-state index contributed by atoms with van der Waals surface area (Å²) in [5, 5.41) is 0. The predicted molar refractivity (Wildman–Crippen MR) is 157 cm³/mol. The fourth-order valence-electron chi connectivity index (χ4n) is 5.29. The Bertz CT molecular complexity index is 416. The van der Waals surface area contributed by atoms with Gasteiger partial charge >= 0.3 is 8.74 Å². The fraction of sp³-hybridized carbons (Fsp3) is 1.00. The molecule has 0 aliphatic rings. The van der Waals surface area contributed by atoms with E-state index in [-0.39, 0.29) is 12.1 Å². The highest BCUT2D eigenvalue weighted by Gasteiger charge is 2.34. The summed E-state index contributed by atoms with van der Waals surface area (Å²) in [6.45, 7) is 6.65. The van der Waals surface area contributed by atoms with Crippen LogP contribution in [-0.4, -0.2) is 17.1 Å². The van der Waals surface area contributed by atoms with Crippen molar-refractivity contribution in [2.75, 3.05) is 0 Å². The summed E-state index contributed by atoms with van der Waals surface area (Å²) in [5.41, 5.74) is 0. The van der Waals surface area contributed by atoms with Crippen molar-refractivity contribution in [3.8, 4) is 0 Å². The van der Waals surface area contributed by atoms with Gasteiger partial charge in [0.05, 0.1) is 0 Å². The van der Waals surface area contributed by atoms with Crippen LogP contribution in [0.25, 0.3) is 0 Å². The normalized spacial score (nSPS) is 12.5. The number of rotatable bonds is 28. The lowest BCUT2D eigenvalue weighted by Gasteiger charge is -2.23. The third-order valence-electron chi connectivity index (χ3n) is 7.77. The summed E-state index contributed by atoms with van der Waals surface area (Å²) in [6.07, 6.45) is 24.6. The highest BCUT2D eigenvalue weighted by molar-refractivity contribution is 6.73. The molecule has 0 radical (unpaired) electrons. The number of hydrogen-bond acceptors (Lipinski definition) is 0. The first kappa shape index (κ1) is 35.2. The van der Waals surface area contributed by atoms with Gasteiger partial charge in [0, 0.05) is 0 Å². The van der Waals surface area contributed by atoms with Crippen molar-refractivity contribution in [3.05, 3.63) is 0 Å². The van der Waals surface area contributed by atoms with Crippen molar-refractivity contribution < 1.29 is 12.3 Å². The minimum Gasteiger partial charge on any atom is -0.314 e. The van der Waals surface area contributed by atoms with Gasteiger partial charge in [-0.05, 0) is 30.2 Å². The molecule has 0 N–H and O–H groups in total. The van der Waals surface area contributed by atoms with Gasteiger partial charge in [-0.1, -0.05) is 162 Å². The minimum atomic E-state index is -4.00. The summed E-state index contributed by atoms with van der Waals surface area (Å²) >= 11 is 0. The van der Waals surface area contributed by atoms with Crippen LogP contribution in [0.1, 0.15) is 162 Å². The van der Waals surface area contributed by atoms with Crippen LogP contribution in [0.4, 0.5) is 12.3 Å². The molecule has 0 aromatic carbocycles. The van der Waals surface area contributed by atoms with Crippen molar-refractivity contribution in [1.82, 2.24) is 0 Å². The second kappa shape index (κ2) is 24.6. The highest BCUT2D eigenvalue weighted by atomic mass is 28.4. The molecule has 212 valence electrons. The highest BCUT2D eigenvalue weighted by Crippen LogP contribution is 2.32. The summed E-state index contributed by atoms with van der Waals surface area (Å²) in [7, 11) is -6.65. The largest absolute Gasteiger partial charge is 0.425 e. The third-order valence-corrected chi connectivity index (χ3v) is 13.7. The molecule has 0 heterocycles. The van der Waals surface area contributed by atoms with Gasteiger partial charge in [0.15, 0.2) is 0 Å². The molecule has 0 atom stereocenters. The second-order valence-electron chi connectivity index (χ2n) is 11.5. The third kappa shape index (κ3) is 24.3. The molecular weight excluding hydrogens is 473 g/mol. The van der Waals surface area contributed by atoms with E-state index in [1.165, 1.54) is 83.5 Å². The van der Waals surface area contributed by atoms with E-state index in [4.69, 9.17) is 0 Å².